The van der Waals surface area contributed by atoms with Gasteiger partial charge >= 0.3 is 0 Å². The van der Waals surface area contributed by atoms with E-state index in [1.54, 1.807) is 18.4 Å². The van der Waals surface area contributed by atoms with E-state index in [-0.39, 0.29) is 24.0 Å². The smallest absolute Gasteiger partial charge is 0.191 e. The molecule has 0 aromatic carbocycles. The standard InChI is InChI=1S/C16H23BrN4OS.HI/c1-4-13-12(14(5-2)22-21-13)10-20-16(18-3)19-9-8-11-6-7-15(17)23-11;/h6-7H,4-5,8-10H2,1-3H3,(H2,18,19,20);1H. The molecule has 2 heterocycles. The van der Waals surface area contributed by atoms with Crippen LogP contribution in [-0.2, 0) is 25.8 Å². The highest BCUT2D eigenvalue weighted by Gasteiger charge is 2.13. The number of aryl methyl sites for hydroxylation is 2. The molecule has 0 radical (unpaired) electrons. The van der Waals surface area contributed by atoms with Crippen LogP contribution in [0.4, 0.5) is 0 Å². The number of hydrogen-bond donors (Lipinski definition) is 2. The van der Waals surface area contributed by atoms with E-state index in [0.29, 0.717) is 6.54 Å². The van der Waals surface area contributed by atoms with Crippen LogP contribution in [0, 0.1) is 0 Å². The van der Waals surface area contributed by atoms with Gasteiger partial charge in [-0.2, -0.15) is 0 Å². The maximum atomic E-state index is 5.39. The van der Waals surface area contributed by atoms with Crippen LogP contribution in [0.3, 0.4) is 0 Å². The third-order valence-electron chi connectivity index (χ3n) is 3.56. The zero-order valence-corrected chi connectivity index (χ0v) is 18.9. The molecular formula is C16H24BrIN4OS. The second-order valence-electron chi connectivity index (χ2n) is 5.05. The summed E-state index contributed by atoms with van der Waals surface area (Å²) >= 11 is 5.25. The topological polar surface area (TPSA) is 62.5 Å². The predicted octanol–water partition coefficient (Wildman–Crippen LogP) is 4.15. The fourth-order valence-electron chi connectivity index (χ4n) is 2.32. The molecule has 0 unspecified atom stereocenters. The Morgan fingerprint density at radius 3 is 2.67 bits per heavy atom. The normalized spacial score (nSPS) is 11.2. The van der Waals surface area contributed by atoms with Crippen LogP contribution in [0.25, 0.3) is 0 Å². The lowest BCUT2D eigenvalue weighted by atomic mass is 10.1. The largest absolute Gasteiger partial charge is 0.361 e. The van der Waals surface area contributed by atoms with Gasteiger partial charge in [0, 0.05) is 37.0 Å². The minimum absolute atomic E-state index is 0. The van der Waals surface area contributed by atoms with Crippen LogP contribution < -0.4 is 10.6 Å². The summed E-state index contributed by atoms with van der Waals surface area (Å²) in [6.07, 6.45) is 2.70. The Balaban J connectivity index is 0.00000288. The van der Waals surface area contributed by atoms with Crippen LogP contribution >= 0.6 is 51.2 Å². The molecule has 2 N–H and O–H groups in total. The Bertz CT molecular complexity index is 635. The van der Waals surface area contributed by atoms with E-state index in [4.69, 9.17) is 4.52 Å². The fraction of sp³-hybridized carbons (Fsp3) is 0.500. The van der Waals surface area contributed by atoms with Crippen molar-refractivity contribution in [2.75, 3.05) is 13.6 Å². The van der Waals surface area contributed by atoms with Crippen molar-refractivity contribution in [3.05, 3.63) is 37.8 Å². The minimum atomic E-state index is 0. The molecule has 0 saturated heterocycles. The number of hydrogen-bond acceptors (Lipinski definition) is 4. The lowest BCUT2D eigenvalue weighted by Gasteiger charge is -2.11. The van der Waals surface area contributed by atoms with Gasteiger partial charge in [0.15, 0.2) is 5.96 Å². The second-order valence-corrected chi connectivity index (χ2v) is 7.59. The molecule has 24 heavy (non-hydrogen) atoms. The molecule has 0 aliphatic carbocycles. The summed E-state index contributed by atoms with van der Waals surface area (Å²) in [7, 11) is 1.78. The highest BCUT2D eigenvalue weighted by Crippen LogP contribution is 2.22. The summed E-state index contributed by atoms with van der Waals surface area (Å²) in [5.41, 5.74) is 2.17. The van der Waals surface area contributed by atoms with Crippen molar-refractivity contribution in [3.8, 4) is 0 Å². The van der Waals surface area contributed by atoms with Gasteiger partial charge in [0.25, 0.3) is 0 Å². The zero-order valence-electron chi connectivity index (χ0n) is 14.2. The van der Waals surface area contributed by atoms with E-state index in [1.807, 2.05) is 0 Å². The molecule has 134 valence electrons. The summed E-state index contributed by atoms with van der Waals surface area (Å²) in [5, 5.41) is 10.8. The number of rotatable bonds is 7. The second kappa shape index (κ2) is 11.1. The van der Waals surface area contributed by atoms with Gasteiger partial charge < -0.3 is 15.2 Å². The van der Waals surface area contributed by atoms with Crippen molar-refractivity contribution in [2.24, 2.45) is 4.99 Å². The van der Waals surface area contributed by atoms with Crippen molar-refractivity contribution < 1.29 is 4.52 Å². The molecule has 0 fully saturated rings. The van der Waals surface area contributed by atoms with Crippen molar-refractivity contribution in [1.82, 2.24) is 15.8 Å². The molecular weight excluding hydrogens is 503 g/mol. The number of halogens is 2. The van der Waals surface area contributed by atoms with Crippen molar-refractivity contribution in [3.63, 3.8) is 0 Å². The van der Waals surface area contributed by atoms with Crippen molar-refractivity contribution in [2.45, 2.75) is 39.7 Å². The average Bonchev–Trinajstić information content (AvgIpc) is 3.16. The number of nitrogens with one attached hydrogen (secondary N) is 2. The Morgan fingerprint density at radius 1 is 1.29 bits per heavy atom. The van der Waals surface area contributed by atoms with Crippen LogP contribution in [0.15, 0.2) is 25.4 Å². The predicted molar refractivity (Wildman–Crippen MR) is 115 cm³/mol. The summed E-state index contributed by atoms with van der Waals surface area (Å²) in [4.78, 5) is 5.62. The Kier molecular flexibility index (Phi) is 9.91. The number of aromatic nitrogens is 1. The van der Waals surface area contributed by atoms with E-state index in [1.165, 1.54) is 8.66 Å². The monoisotopic (exact) mass is 526 g/mol. The molecule has 2 rings (SSSR count). The van der Waals surface area contributed by atoms with E-state index in [0.717, 1.165) is 48.8 Å². The van der Waals surface area contributed by atoms with Gasteiger partial charge in [0.2, 0.25) is 0 Å². The van der Waals surface area contributed by atoms with Crippen molar-refractivity contribution in [1.29, 1.82) is 0 Å². The molecule has 0 spiro atoms. The fourth-order valence-corrected chi connectivity index (χ4v) is 3.80. The summed E-state index contributed by atoms with van der Waals surface area (Å²) < 4.78 is 6.56. The zero-order chi connectivity index (χ0) is 16.7. The number of nitrogens with zero attached hydrogens (tertiary/aromatic N) is 2. The van der Waals surface area contributed by atoms with E-state index in [2.05, 4.69) is 62.7 Å². The Labute approximate surface area is 172 Å². The summed E-state index contributed by atoms with van der Waals surface area (Å²) in [6.45, 7) is 5.69. The first kappa shape index (κ1) is 21.4. The minimum Gasteiger partial charge on any atom is -0.361 e. The van der Waals surface area contributed by atoms with Crippen LogP contribution in [-0.4, -0.2) is 24.7 Å². The average molecular weight is 527 g/mol. The van der Waals surface area contributed by atoms with Gasteiger partial charge in [-0.1, -0.05) is 19.0 Å². The summed E-state index contributed by atoms with van der Waals surface area (Å²) in [5.74, 6) is 1.75. The molecule has 0 aliphatic heterocycles. The molecule has 8 heteroatoms. The molecule has 0 atom stereocenters. The Hall–Kier alpha value is -0.610. The maximum Gasteiger partial charge on any atom is 0.191 e. The van der Waals surface area contributed by atoms with Gasteiger partial charge in [-0.25, -0.2) is 0 Å². The third-order valence-corrected chi connectivity index (χ3v) is 5.24. The molecule has 0 amide bonds. The van der Waals surface area contributed by atoms with Crippen LogP contribution in [0.1, 0.15) is 35.7 Å². The first-order valence-electron chi connectivity index (χ1n) is 7.82. The lowest BCUT2D eigenvalue weighted by molar-refractivity contribution is 0.380. The third kappa shape index (κ3) is 6.03. The molecule has 5 nitrogen and oxygen atoms in total. The molecule has 2 aromatic heterocycles. The Morgan fingerprint density at radius 2 is 2.08 bits per heavy atom. The highest BCUT2D eigenvalue weighted by atomic mass is 127. The van der Waals surface area contributed by atoms with E-state index >= 15 is 0 Å². The van der Waals surface area contributed by atoms with Gasteiger partial charge in [-0.3, -0.25) is 4.99 Å². The number of aliphatic imine (C=N–C) groups is 1. The summed E-state index contributed by atoms with van der Waals surface area (Å²) in [6, 6.07) is 4.22. The number of guanidine groups is 1. The molecule has 0 aliphatic rings. The first-order chi connectivity index (χ1) is 11.2. The van der Waals surface area contributed by atoms with Gasteiger partial charge in [0.1, 0.15) is 5.76 Å². The van der Waals surface area contributed by atoms with Gasteiger partial charge in [0.05, 0.1) is 9.48 Å². The number of thiophene rings is 1. The maximum absolute atomic E-state index is 5.39. The van der Waals surface area contributed by atoms with Crippen LogP contribution in [0.5, 0.6) is 0 Å². The van der Waals surface area contributed by atoms with E-state index < -0.39 is 0 Å². The van der Waals surface area contributed by atoms with Gasteiger partial charge in [-0.05, 0) is 40.9 Å². The molecule has 2 aromatic rings. The van der Waals surface area contributed by atoms with Crippen LogP contribution in [0.2, 0.25) is 0 Å². The lowest BCUT2D eigenvalue weighted by Crippen LogP contribution is -2.38. The highest BCUT2D eigenvalue weighted by molar-refractivity contribution is 14.0. The molecule has 0 bridgehead atoms. The SMILES string of the molecule is CCc1noc(CC)c1CNC(=NC)NCCc1ccc(Br)s1.I. The first-order valence-corrected chi connectivity index (χ1v) is 9.43. The van der Waals surface area contributed by atoms with Crippen molar-refractivity contribution >= 4 is 57.2 Å². The van der Waals surface area contributed by atoms with Gasteiger partial charge in [-0.15, -0.1) is 35.3 Å². The molecule has 0 saturated carbocycles. The quantitative estimate of drug-likeness (QED) is 0.323. The van der Waals surface area contributed by atoms with E-state index in [9.17, 15) is 0 Å².